The van der Waals surface area contributed by atoms with Crippen molar-refractivity contribution in [1.29, 1.82) is 0 Å². The number of aryl methyl sites for hydroxylation is 2. The van der Waals surface area contributed by atoms with Crippen LogP contribution in [0.1, 0.15) is 27.4 Å². The molecule has 0 unspecified atom stereocenters. The first-order valence-electron chi connectivity index (χ1n) is 7.82. The molecule has 0 bridgehead atoms. The molecule has 134 valence electrons. The molecule has 26 heavy (non-hydrogen) atoms. The van der Waals surface area contributed by atoms with Gasteiger partial charge in [-0.25, -0.2) is 4.98 Å². The first-order valence-corrected chi connectivity index (χ1v) is 7.82. The van der Waals surface area contributed by atoms with E-state index in [0.29, 0.717) is 17.1 Å². The number of nitrogens with zero attached hydrogens (tertiary/aromatic N) is 2. The number of nitrogens with two attached hydrogens (primary N) is 1. The van der Waals surface area contributed by atoms with Crippen molar-refractivity contribution < 1.29 is 18.0 Å². The first kappa shape index (κ1) is 17.7. The van der Waals surface area contributed by atoms with Gasteiger partial charge in [-0.15, -0.1) is 0 Å². The van der Waals surface area contributed by atoms with Crippen LogP contribution in [0.2, 0.25) is 0 Å². The fourth-order valence-electron chi connectivity index (χ4n) is 2.95. The minimum absolute atomic E-state index is 0.0177. The smallest absolute Gasteiger partial charge is 0.366 e. The van der Waals surface area contributed by atoms with E-state index in [9.17, 15) is 18.0 Å². The number of rotatable bonds is 3. The molecule has 3 rings (SSSR count). The Balaban J connectivity index is 2.24. The van der Waals surface area contributed by atoms with Gasteiger partial charge < -0.3 is 10.3 Å². The first-order chi connectivity index (χ1) is 12.2. The molecule has 1 aromatic heterocycles. The third kappa shape index (κ3) is 3.20. The molecule has 0 aliphatic heterocycles. The van der Waals surface area contributed by atoms with E-state index in [0.717, 1.165) is 6.07 Å². The predicted molar refractivity (Wildman–Crippen MR) is 92.0 cm³/mol. The number of carbonyl (C=O) groups is 1. The molecule has 0 radical (unpaired) electrons. The Kier molecular flexibility index (Phi) is 4.31. The summed E-state index contributed by atoms with van der Waals surface area (Å²) in [6, 6.07) is 10.3. The summed E-state index contributed by atoms with van der Waals surface area (Å²) in [5, 5.41) is 0. The maximum absolute atomic E-state index is 13.7. The summed E-state index contributed by atoms with van der Waals surface area (Å²) in [5.41, 5.74) is 5.94. The van der Waals surface area contributed by atoms with Crippen LogP contribution in [0, 0.1) is 13.8 Å². The zero-order valence-corrected chi connectivity index (χ0v) is 14.1. The SMILES string of the molecule is Cc1cn(-c2ccc(-c3ccccc3C(N)=O)cc2C(F)(F)F)c(C)n1. The molecule has 1 heterocycles. The van der Waals surface area contributed by atoms with Gasteiger partial charge in [-0.05, 0) is 43.2 Å². The van der Waals surface area contributed by atoms with E-state index < -0.39 is 17.6 Å². The molecular formula is C19H16F3N3O. The number of carbonyl (C=O) groups excluding carboxylic acids is 1. The molecule has 3 aromatic rings. The maximum atomic E-state index is 13.7. The van der Waals surface area contributed by atoms with Crippen molar-refractivity contribution in [2.45, 2.75) is 20.0 Å². The van der Waals surface area contributed by atoms with Crippen LogP contribution >= 0.6 is 0 Å². The average molecular weight is 359 g/mol. The third-order valence-corrected chi connectivity index (χ3v) is 4.07. The largest absolute Gasteiger partial charge is 0.418 e. The van der Waals surface area contributed by atoms with Crippen LogP contribution in [0.4, 0.5) is 13.2 Å². The van der Waals surface area contributed by atoms with Crippen molar-refractivity contribution in [3.05, 3.63) is 71.3 Å². The molecule has 7 heteroatoms. The minimum atomic E-state index is -4.57. The van der Waals surface area contributed by atoms with Crippen molar-refractivity contribution in [1.82, 2.24) is 9.55 Å². The average Bonchev–Trinajstić information content (AvgIpc) is 2.91. The molecule has 0 aliphatic rings. The number of primary amides is 1. The Bertz CT molecular complexity index is 990. The van der Waals surface area contributed by atoms with Crippen LogP contribution in [0.3, 0.4) is 0 Å². The lowest BCUT2D eigenvalue weighted by molar-refractivity contribution is -0.137. The van der Waals surface area contributed by atoms with Crippen LogP contribution in [0.15, 0.2) is 48.7 Å². The van der Waals surface area contributed by atoms with Gasteiger partial charge in [0.15, 0.2) is 0 Å². The van der Waals surface area contributed by atoms with E-state index >= 15 is 0 Å². The molecule has 0 atom stereocenters. The summed E-state index contributed by atoms with van der Waals surface area (Å²) in [7, 11) is 0. The topological polar surface area (TPSA) is 60.9 Å². The lowest BCUT2D eigenvalue weighted by Crippen LogP contribution is -2.13. The quantitative estimate of drug-likeness (QED) is 0.759. The highest BCUT2D eigenvalue weighted by Gasteiger charge is 2.35. The van der Waals surface area contributed by atoms with Gasteiger partial charge in [0.05, 0.1) is 16.9 Å². The Hall–Kier alpha value is -3.09. The van der Waals surface area contributed by atoms with E-state index in [4.69, 9.17) is 5.73 Å². The van der Waals surface area contributed by atoms with Crippen molar-refractivity contribution >= 4 is 5.91 Å². The van der Waals surface area contributed by atoms with Crippen molar-refractivity contribution in [2.75, 3.05) is 0 Å². The molecule has 0 spiro atoms. The molecule has 0 saturated heterocycles. The summed E-state index contributed by atoms with van der Waals surface area (Å²) in [6.45, 7) is 3.36. The monoisotopic (exact) mass is 359 g/mol. The van der Waals surface area contributed by atoms with E-state index in [1.165, 1.54) is 16.7 Å². The second kappa shape index (κ2) is 6.33. The maximum Gasteiger partial charge on any atom is 0.418 e. The zero-order chi connectivity index (χ0) is 19.1. The van der Waals surface area contributed by atoms with Gasteiger partial charge in [0.2, 0.25) is 5.91 Å². The van der Waals surface area contributed by atoms with Crippen molar-refractivity contribution in [3.8, 4) is 16.8 Å². The fraction of sp³-hybridized carbons (Fsp3) is 0.158. The number of halogens is 3. The number of aromatic nitrogens is 2. The standard InChI is InChI=1S/C19H16F3N3O/c1-11-10-25(12(2)24-11)17-8-7-13(9-16(17)19(20,21)22)14-5-3-4-6-15(14)18(23)26/h3-10H,1-2H3,(H2,23,26). The molecule has 2 N–H and O–H groups in total. The van der Waals surface area contributed by atoms with Crippen molar-refractivity contribution in [2.24, 2.45) is 5.73 Å². The fourth-order valence-corrected chi connectivity index (χ4v) is 2.95. The van der Waals surface area contributed by atoms with Crippen LogP contribution in [-0.4, -0.2) is 15.5 Å². The van der Waals surface area contributed by atoms with Crippen LogP contribution in [0.25, 0.3) is 16.8 Å². The van der Waals surface area contributed by atoms with Gasteiger partial charge in [-0.1, -0.05) is 24.3 Å². The van der Waals surface area contributed by atoms with E-state index in [1.54, 1.807) is 44.3 Å². The van der Waals surface area contributed by atoms with E-state index in [2.05, 4.69) is 4.98 Å². The van der Waals surface area contributed by atoms with Gasteiger partial charge in [0.25, 0.3) is 0 Å². The zero-order valence-electron chi connectivity index (χ0n) is 14.1. The summed E-state index contributed by atoms with van der Waals surface area (Å²) in [4.78, 5) is 15.8. The molecule has 2 aromatic carbocycles. The molecule has 0 saturated carbocycles. The third-order valence-electron chi connectivity index (χ3n) is 4.07. The molecule has 0 aliphatic carbocycles. The highest BCUT2D eigenvalue weighted by Crippen LogP contribution is 2.37. The van der Waals surface area contributed by atoms with Gasteiger partial charge in [0.1, 0.15) is 5.82 Å². The number of imidazole rings is 1. The summed E-state index contributed by atoms with van der Waals surface area (Å²) < 4.78 is 42.5. The number of hydrogen-bond acceptors (Lipinski definition) is 2. The summed E-state index contributed by atoms with van der Waals surface area (Å²) in [6.07, 6.45) is -3.02. The number of alkyl halides is 3. The number of benzene rings is 2. The Morgan fingerprint density at radius 3 is 2.38 bits per heavy atom. The molecular weight excluding hydrogens is 343 g/mol. The minimum Gasteiger partial charge on any atom is -0.366 e. The second-order valence-electron chi connectivity index (χ2n) is 5.94. The molecule has 4 nitrogen and oxygen atoms in total. The molecule has 0 fully saturated rings. The predicted octanol–water partition coefficient (Wildman–Crippen LogP) is 4.27. The van der Waals surface area contributed by atoms with Gasteiger partial charge in [-0.2, -0.15) is 13.2 Å². The Morgan fingerprint density at radius 2 is 1.81 bits per heavy atom. The van der Waals surface area contributed by atoms with Crippen LogP contribution in [0.5, 0.6) is 0 Å². The summed E-state index contributed by atoms with van der Waals surface area (Å²) >= 11 is 0. The van der Waals surface area contributed by atoms with Gasteiger partial charge in [-0.3, -0.25) is 4.79 Å². The highest BCUT2D eigenvalue weighted by molar-refractivity contribution is 5.99. The van der Waals surface area contributed by atoms with E-state index in [1.807, 2.05) is 0 Å². The second-order valence-corrected chi connectivity index (χ2v) is 5.94. The summed E-state index contributed by atoms with van der Waals surface area (Å²) in [5.74, 6) is -0.238. The van der Waals surface area contributed by atoms with Gasteiger partial charge >= 0.3 is 6.18 Å². The van der Waals surface area contributed by atoms with E-state index in [-0.39, 0.29) is 16.8 Å². The van der Waals surface area contributed by atoms with Crippen LogP contribution < -0.4 is 5.73 Å². The van der Waals surface area contributed by atoms with Crippen LogP contribution in [-0.2, 0) is 6.18 Å². The Morgan fingerprint density at radius 1 is 1.12 bits per heavy atom. The molecule has 1 amide bonds. The lowest BCUT2D eigenvalue weighted by atomic mass is 9.96. The number of hydrogen-bond donors (Lipinski definition) is 1. The lowest BCUT2D eigenvalue weighted by Gasteiger charge is -2.17. The normalized spacial score (nSPS) is 11.6. The highest BCUT2D eigenvalue weighted by atomic mass is 19.4. The van der Waals surface area contributed by atoms with Gasteiger partial charge in [0, 0.05) is 11.8 Å². The van der Waals surface area contributed by atoms with Crippen molar-refractivity contribution in [3.63, 3.8) is 0 Å². The number of amides is 1. The Labute approximate surface area is 148 Å².